The Morgan fingerprint density at radius 2 is 1.85 bits per heavy atom. The number of anilines is 1. The molecule has 1 aliphatic rings. The molecule has 2 amide bonds. The minimum atomic E-state index is -0.521. The lowest BCUT2D eigenvalue weighted by Crippen LogP contribution is -2.29. The number of nitrogens with zero attached hydrogens (tertiary/aromatic N) is 2. The van der Waals surface area contributed by atoms with E-state index in [1.165, 1.54) is 18.2 Å². The standard InChI is InChI=1S/C19H18ClN3O4/c20-14-7-8-16(15(12-14)19(25)22-9-3-4-10-22)21-18(24)11-13-5-1-2-6-17(13)23(26)27/h1-2,5-8,12H,3-4,9-11H2,(H,21,24). The number of benzene rings is 2. The number of amides is 2. The average molecular weight is 388 g/mol. The molecule has 3 rings (SSSR count). The number of hydrogen-bond donors (Lipinski definition) is 1. The Labute approximate surface area is 161 Å². The maximum atomic E-state index is 12.7. The number of hydrogen-bond acceptors (Lipinski definition) is 4. The van der Waals surface area contributed by atoms with Crippen LogP contribution in [-0.4, -0.2) is 34.7 Å². The summed E-state index contributed by atoms with van der Waals surface area (Å²) in [5.74, 6) is -0.627. The summed E-state index contributed by atoms with van der Waals surface area (Å²) >= 11 is 6.03. The summed E-state index contributed by atoms with van der Waals surface area (Å²) in [6.07, 6.45) is 1.73. The third-order valence-electron chi connectivity index (χ3n) is 4.42. The molecule has 0 aromatic heterocycles. The largest absolute Gasteiger partial charge is 0.339 e. The zero-order valence-electron chi connectivity index (χ0n) is 14.5. The minimum absolute atomic E-state index is 0.114. The minimum Gasteiger partial charge on any atom is -0.339 e. The summed E-state index contributed by atoms with van der Waals surface area (Å²) in [5, 5.41) is 14.2. The van der Waals surface area contributed by atoms with Crippen molar-refractivity contribution in [3.63, 3.8) is 0 Å². The van der Waals surface area contributed by atoms with Crippen molar-refractivity contribution in [2.45, 2.75) is 19.3 Å². The van der Waals surface area contributed by atoms with Gasteiger partial charge in [0.25, 0.3) is 11.6 Å². The molecule has 140 valence electrons. The van der Waals surface area contributed by atoms with Gasteiger partial charge >= 0.3 is 0 Å². The number of halogens is 1. The van der Waals surface area contributed by atoms with Gasteiger partial charge in [-0.05, 0) is 31.0 Å². The molecule has 0 radical (unpaired) electrons. The Balaban J connectivity index is 1.80. The van der Waals surface area contributed by atoms with E-state index in [1.807, 2.05) is 0 Å². The zero-order valence-corrected chi connectivity index (χ0v) is 15.2. The van der Waals surface area contributed by atoms with Crippen LogP contribution in [0.15, 0.2) is 42.5 Å². The molecule has 1 saturated heterocycles. The molecule has 0 spiro atoms. The second-order valence-electron chi connectivity index (χ2n) is 6.30. The third kappa shape index (κ3) is 4.43. The molecule has 0 unspecified atom stereocenters. The van der Waals surface area contributed by atoms with Gasteiger partial charge < -0.3 is 10.2 Å². The van der Waals surface area contributed by atoms with Crippen LogP contribution >= 0.6 is 11.6 Å². The van der Waals surface area contributed by atoms with E-state index >= 15 is 0 Å². The quantitative estimate of drug-likeness (QED) is 0.625. The molecule has 1 aliphatic heterocycles. The lowest BCUT2D eigenvalue weighted by molar-refractivity contribution is -0.385. The van der Waals surface area contributed by atoms with E-state index in [0.717, 1.165) is 12.8 Å². The lowest BCUT2D eigenvalue weighted by atomic mass is 10.1. The number of rotatable bonds is 5. The molecule has 2 aromatic carbocycles. The van der Waals surface area contributed by atoms with Crippen molar-refractivity contribution in [1.29, 1.82) is 0 Å². The van der Waals surface area contributed by atoms with E-state index in [-0.39, 0.29) is 18.0 Å². The van der Waals surface area contributed by atoms with E-state index < -0.39 is 10.8 Å². The van der Waals surface area contributed by atoms with Gasteiger partial charge in [-0.2, -0.15) is 0 Å². The van der Waals surface area contributed by atoms with Crippen LogP contribution in [0.1, 0.15) is 28.8 Å². The average Bonchev–Trinajstić information content (AvgIpc) is 3.17. The molecule has 1 N–H and O–H groups in total. The molecular formula is C19H18ClN3O4. The fourth-order valence-corrected chi connectivity index (χ4v) is 3.27. The number of para-hydroxylation sites is 1. The van der Waals surface area contributed by atoms with Gasteiger partial charge in [-0.25, -0.2) is 0 Å². The van der Waals surface area contributed by atoms with Crippen LogP contribution in [0.4, 0.5) is 11.4 Å². The third-order valence-corrected chi connectivity index (χ3v) is 4.65. The van der Waals surface area contributed by atoms with E-state index in [0.29, 0.717) is 34.9 Å². The molecule has 0 saturated carbocycles. The Morgan fingerprint density at radius 3 is 2.56 bits per heavy atom. The van der Waals surface area contributed by atoms with Gasteiger partial charge in [0.2, 0.25) is 5.91 Å². The van der Waals surface area contributed by atoms with Crippen LogP contribution in [0.25, 0.3) is 0 Å². The first-order valence-electron chi connectivity index (χ1n) is 8.56. The Morgan fingerprint density at radius 1 is 1.15 bits per heavy atom. The summed E-state index contributed by atoms with van der Waals surface area (Å²) in [7, 11) is 0. The number of nitro benzene ring substituents is 1. The van der Waals surface area contributed by atoms with Gasteiger partial charge in [-0.1, -0.05) is 29.8 Å². The van der Waals surface area contributed by atoms with Crippen LogP contribution in [0.2, 0.25) is 5.02 Å². The predicted octanol–water partition coefficient (Wildman–Crippen LogP) is 3.67. The maximum Gasteiger partial charge on any atom is 0.273 e. The molecule has 0 bridgehead atoms. The van der Waals surface area contributed by atoms with Crippen molar-refractivity contribution in [2.75, 3.05) is 18.4 Å². The summed E-state index contributed by atoms with van der Waals surface area (Å²) in [4.78, 5) is 37.5. The summed E-state index contributed by atoms with van der Waals surface area (Å²) in [6.45, 7) is 1.35. The predicted molar refractivity (Wildman–Crippen MR) is 102 cm³/mol. The first-order chi connectivity index (χ1) is 13.0. The van der Waals surface area contributed by atoms with E-state index in [4.69, 9.17) is 11.6 Å². The number of nitro groups is 1. The molecule has 8 heteroatoms. The molecule has 1 fully saturated rings. The van der Waals surface area contributed by atoms with Gasteiger partial charge in [-0.3, -0.25) is 19.7 Å². The molecule has 0 aliphatic carbocycles. The maximum absolute atomic E-state index is 12.7. The highest BCUT2D eigenvalue weighted by Crippen LogP contribution is 2.25. The van der Waals surface area contributed by atoms with E-state index in [1.54, 1.807) is 29.2 Å². The zero-order chi connectivity index (χ0) is 19.4. The van der Waals surface area contributed by atoms with Crippen molar-refractivity contribution in [1.82, 2.24) is 4.90 Å². The highest BCUT2D eigenvalue weighted by molar-refractivity contribution is 6.31. The van der Waals surface area contributed by atoms with Crippen molar-refractivity contribution >= 4 is 34.8 Å². The SMILES string of the molecule is O=C(Cc1ccccc1[N+](=O)[O-])Nc1ccc(Cl)cc1C(=O)N1CCCC1. The van der Waals surface area contributed by atoms with Gasteiger partial charge in [-0.15, -0.1) is 0 Å². The van der Waals surface area contributed by atoms with Crippen LogP contribution in [-0.2, 0) is 11.2 Å². The number of nitrogens with one attached hydrogen (secondary N) is 1. The fourth-order valence-electron chi connectivity index (χ4n) is 3.10. The van der Waals surface area contributed by atoms with Crippen LogP contribution < -0.4 is 5.32 Å². The molecule has 1 heterocycles. The first-order valence-corrected chi connectivity index (χ1v) is 8.94. The van der Waals surface area contributed by atoms with Crippen molar-refractivity contribution in [3.8, 4) is 0 Å². The first kappa shape index (κ1) is 18.8. The van der Waals surface area contributed by atoms with E-state index in [9.17, 15) is 19.7 Å². The Kier molecular flexibility index (Phi) is 5.71. The van der Waals surface area contributed by atoms with E-state index in [2.05, 4.69) is 5.32 Å². The Bertz CT molecular complexity index is 894. The van der Waals surface area contributed by atoms with Gasteiger partial charge in [0.15, 0.2) is 0 Å². The number of carbonyl (C=O) groups excluding carboxylic acids is 2. The lowest BCUT2D eigenvalue weighted by Gasteiger charge is -2.18. The van der Waals surface area contributed by atoms with Crippen LogP contribution in [0, 0.1) is 10.1 Å². The number of likely N-dealkylation sites (tertiary alicyclic amines) is 1. The molecule has 0 atom stereocenters. The molecule has 7 nitrogen and oxygen atoms in total. The van der Waals surface area contributed by atoms with Crippen LogP contribution in [0.5, 0.6) is 0 Å². The second kappa shape index (κ2) is 8.18. The number of carbonyl (C=O) groups is 2. The second-order valence-corrected chi connectivity index (χ2v) is 6.74. The van der Waals surface area contributed by atoms with Gasteiger partial charge in [0, 0.05) is 29.7 Å². The monoisotopic (exact) mass is 387 g/mol. The molecule has 2 aromatic rings. The summed E-state index contributed by atoms with van der Waals surface area (Å²) < 4.78 is 0. The fraction of sp³-hybridized carbons (Fsp3) is 0.263. The normalized spacial score (nSPS) is 13.4. The summed E-state index contributed by atoms with van der Waals surface area (Å²) in [6, 6.07) is 10.8. The highest BCUT2D eigenvalue weighted by Gasteiger charge is 2.23. The van der Waals surface area contributed by atoms with Crippen molar-refractivity contribution in [3.05, 3.63) is 68.7 Å². The van der Waals surface area contributed by atoms with Gasteiger partial charge in [0.05, 0.1) is 22.6 Å². The topological polar surface area (TPSA) is 92.5 Å². The summed E-state index contributed by atoms with van der Waals surface area (Å²) in [5.41, 5.74) is 0.860. The van der Waals surface area contributed by atoms with Gasteiger partial charge in [0.1, 0.15) is 0 Å². The highest BCUT2D eigenvalue weighted by atomic mass is 35.5. The van der Waals surface area contributed by atoms with Crippen LogP contribution in [0.3, 0.4) is 0 Å². The molecular weight excluding hydrogens is 370 g/mol. The van der Waals surface area contributed by atoms with Crippen molar-refractivity contribution < 1.29 is 14.5 Å². The Hall–Kier alpha value is -2.93. The smallest absolute Gasteiger partial charge is 0.273 e. The van der Waals surface area contributed by atoms with Crippen molar-refractivity contribution in [2.24, 2.45) is 0 Å². The molecule has 27 heavy (non-hydrogen) atoms.